The number of nitrogens with one attached hydrogen (secondary N) is 1. The molecule has 1 aliphatic heterocycles. The summed E-state index contributed by atoms with van der Waals surface area (Å²) < 4.78 is 39.9. The lowest BCUT2D eigenvalue weighted by atomic mass is 9.94. The zero-order chi connectivity index (χ0) is 21.0. The van der Waals surface area contributed by atoms with Crippen LogP contribution in [0.25, 0.3) is 0 Å². The smallest absolute Gasteiger partial charge is 0.243 e. The van der Waals surface area contributed by atoms with Gasteiger partial charge in [0.15, 0.2) is 0 Å². The van der Waals surface area contributed by atoms with Gasteiger partial charge in [-0.25, -0.2) is 12.8 Å². The standard InChI is InChI=1S/C22H27FN2O3S/c1-3-16(2)20-6-4-5-7-21(20)24-22(26)17-12-14-25(15-13-17)29(27,28)19-10-8-18(23)9-11-19/h4-11,16-17H,3,12-15H2,1-2H3,(H,24,26)/t16-/m1/s1. The van der Waals surface area contributed by atoms with Crippen LogP contribution in [0.5, 0.6) is 0 Å². The zero-order valence-corrected chi connectivity index (χ0v) is 17.6. The first-order valence-electron chi connectivity index (χ1n) is 9.98. The van der Waals surface area contributed by atoms with Crippen molar-refractivity contribution in [2.24, 2.45) is 5.92 Å². The molecule has 1 fully saturated rings. The van der Waals surface area contributed by atoms with Crippen LogP contribution in [-0.4, -0.2) is 31.7 Å². The van der Waals surface area contributed by atoms with Crippen LogP contribution < -0.4 is 5.32 Å². The molecule has 7 heteroatoms. The summed E-state index contributed by atoms with van der Waals surface area (Å²) in [5.74, 6) is -0.439. The van der Waals surface area contributed by atoms with E-state index in [2.05, 4.69) is 19.2 Å². The molecule has 1 N–H and O–H groups in total. The van der Waals surface area contributed by atoms with Gasteiger partial charge in [0.2, 0.25) is 15.9 Å². The summed E-state index contributed by atoms with van der Waals surface area (Å²) in [6.07, 6.45) is 1.89. The SMILES string of the molecule is CC[C@@H](C)c1ccccc1NC(=O)C1CCN(S(=O)(=O)c2ccc(F)cc2)CC1. The maximum absolute atomic E-state index is 13.1. The second-order valence-corrected chi connectivity index (χ2v) is 9.46. The number of para-hydroxylation sites is 1. The lowest BCUT2D eigenvalue weighted by Gasteiger charge is -2.30. The van der Waals surface area contributed by atoms with Crippen LogP contribution in [0.3, 0.4) is 0 Å². The molecule has 0 spiro atoms. The van der Waals surface area contributed by atoms with Gasteiger partial charge in [-0.2, -0.15) is 4.31 Å². The summed E-state index contributed by atoms with van der Waals surface area (Å²) >= 11 is 0. The number of carbonyl (C=O) groups is 1. The second-order valence-electron chi connectivity index (χ2n) is 7.52. The number of benzene rings is 2. The third-order valence-corrected chi connectivity index (χ3v) is 7.55. The monoisotopic (exact) mass is 418 g/mol. The number of nitrogens with zero attached hydrogens (tertiary/aromatic N) is 1. The first-order valence-corrected chi connectivity index (χ1v) is 11.4. The fraction of sp³-hybridized carbons (Fsp3) is 0.409. The lowest BCUT2D eigenvalue weighted by molar-refractivity contribution is -0.120. The molecule has 0 unspecified atom stereocenters. The first kappa shape index (κ1) is 21.5. The van der Waals surface area contributed by atoms with Gasteiger partial charge in [0.25, 0.3) is 0 Å². The number of carbonyl (C=O) groups excluding carboxylic acids is 1. The van der Waals surface area contributed by atoms with Gasteiger partial charge in [0, 0.05) is 24.7 Å². The summed E-state index contributed by atoms with van der Waals surface area (Å²) in [6.45, 7) is 4.78. The van der Waals surface area contributed by atoms with Crippen LogP contribution in [0.2, 0.25) is 0 Å². The molecule has 1 amide bonds. The Hall–Kier alpha value is -2.25. The Labute approximate surface area is 172 Å². The van der Waals surface area contributed by atoms with Crippen LogP contribution in [0, 0.1) is 11.7 Å². The molecule has 5 nitrogen and oxygen atoms in total. The molecule has 1 aliphatic rings. The Bertz CT molecular complexity index is 952. The molecule has 3 rings (SSSR count). The quantitative estimate of drug-likeness (QED) is 0.757. The number of sulfonamides is 1. The Morgan fingerprint density at radius 2 is 1.76 bits per heavy atom. The van der Waals surface area contributed by atoms with E-state index in [1.54, 1.807) is 0 Å². The number of hydrogen-bond donors (Lipinski definition) is 1. The van der Waals surface area contributed by atoms with E-state index in [-0.39, 0.29) is 29.8 Å². The summed E-state index contributed by atoms with van der Waals surface area (Å²) in [7, 11) is -3.67. The van der Waals surface area contributed by atoms with E-state index in [1.807, 2.05) is 24.3 Å². The summed E-state index contributed by atoms with van der Waals surface area (Å²) in [4.78, 5) is 12.8. The molecular formula is C22H27FN2O3S. The van der Waals surface area contributed by atoms with Gasteiger partial charge in [0.05, 0.1) is 4.90 Å². The molecule has 0 aromatic heterocycles. The average molecular weight is 419 g/mol. The van der Waals surface area contributed by atoms with Crippen molar-refractivity contribution in [3.8, 4) is 0 Å². The molecule has 0 aliphatic carbocycles. The first-order chi connectivity index (χ1) is 13.8. The van der Waals surface area contributed by atoms with Crippen molar-refractivity contribution < 1.29 is 17.6 Å². The molecule has 29 heavy (non-hydrogen) atoms. The minimum absolute atomic E-state index is 0.0698. The minimum Gasteiger partial charge on any atom is -0.326 e. The van der Waals surface area contributed by atoms with Crippen molar-refractivity contribution in [3.63, 3.8) is 0 Å². The number of hydrogen-bond acceptors (Lipinski definition) is 3. The minimum atomic E-state index is -3.67. The Balaban J connectivity index is 1.64. The van der Waals surface area contributed by atoms with Crippen molar-refractivity contribution in [3.05, 3.63) is 59.9 Å². The van der Waals surface area contributed by atoms with Crippen LogP contribution in [0.1, 0.15) is 44.6 Å². The van der Waals surface area contributed by atoms with Crippen molar-refractivity contribution in [2.75, 3.05) is 18.4 Å². The number of halogens is 1. The largest absolute Gasteiger partial charge is 0.326 e. The Morgan fingerprint density at radius 1 is 1.14 bits per heavy atom. The van der Waals surface area contributed by atoms with Crippen molar-refractivity contribution >= 4 is 21.6 Å². The fourth-order valence-corrected chi connectivity index (χ4v) is 5.08. The third kappa shape index (κ3) is 4.85. The number of anilines is 1. The van der Waals surface area contributed by atoms with Gasteiger partial charge in [-0.1, -0.05) is 32.0 Å². The van der Waals surface area contributed by atoms with Crippen LogP contribution in [-0.2, 0) is 14.8 Å². The molecule has 1 saturated heterocycles. The van der Waals surface area contributed by atoms with Gasteiger partial charge in [0.1, 0.15) is 5.82 Å². The number of piperidine rings is 1. The highest BCUT2D eigenvalue weighted by Gasteiger charge is 2.32. The van der Waals surface area contributed by atoms with Crippen molar-refractivity contribution in [2.45, 2.75) is 43.9 Å². The van der Waals surface area contributed by atoms with E-state index in [9.17, 15) is 17.6 Å². The van der Waals surface area contributed by atoms with Gasteiger partial charge < -0.3 is 5.32 Å². The van der Waals surface area contributed by atoms with Crippen molar-refractivity contribution in [1.82, 2.24) is 4.31 Å². The zero-order valence-electron chi connectivity index (χ0n) is 16.8. The molecule has 2 aromatic rings. The highest BCUT2D eigenvalue weighted by Crippen LogP contribution is 2.29. The molecule has 2 aromatic carbocycles. The summed E-state index contributed by atoms with van der Waals surface area (Å²) in [5.41, 5.74) is 1.94. The molecular weight excluding hydrogens is 391 g/mol. The maximum Gasteiger partial charge on any atom is 0.243 e. The van der Waals surface area contributed by atoms with Crippen LogP contribution in [0.4, 0.5) is 10.1 Å². The highest BCUT2D eigenvalue weighted by atomic mass is 32.2. The Morgan fingerprint density at radius 3 is 2.38 bits per heavy atom. The maximum atomic E-state index is 13.1. The van der Waals surface area contributed by atoms with E-state index in [0.29, 0.717) is 18.8 Å². The van der Waals surface area contributed by atoms with Crippen LogP contribution in [0.15, 0.2) is 53.4 Å². The van der Waals surface area contributed by atoms with E-state index in [4.69, 9.17) is 0 Å². The Kier molecular flexibility index (Phi) is 6.70. The number of rotatable bonds is 6. The van der Waals surface area contributed by atoms with Gasteiger partial charge in [-0.05, 0) is 61.1 Å². The molecule has 1 atom stereocenters. The van der Waals surface area contributed by atoms with E-state index in [0.717, 1.165) is 29.8 Å². The van der Waals surface area contributed by atoms with E-state index < -0.39 is 15.8 Å². The predicted octanol–water partition coefficient (Wildman–Crippen LogP) is 4.38. The van der Waals surface area contributed by atoms with E-state index >= 15 is 0 Å². The second kappa shape index (κ2) is 9.05. The van der Waals surface area contributed by atoms with Gasteiger partial charge >= 0.3 is 0 Å². The van der Waals surface area contributed by atoms with Gasteiger partial charge in [-0.15, -0.1) is 0 Å². The predicted molar refractivity (Wildman–Crippen MR) is 112 cm³/mol. The van der Waals surface area contributed by atoms with Crippen LogP contribution >= 0.6 is 0 Å². The topological polar surface area (TPSA) is 66.5 Å². The van der Waals surface area contributed by atoms with Crippen molar-refractivity contribution in [1.29, 1.82) is 0 Å². The molecule has 156 valence electrons. The van der Waals surface area contributed by atoms with Gasteiger partial charge in [-0.3, -0.25) is 4.79 Å². The molecule has 0 saturated carbocycles. The molecule has 1 heterocycles. The normalized spacial score (nSPS) is 17.1. The average Bonchev–Trinajstić information content (AvgIpc) is 2.74. The lowest BCUT2D eigenvalue weighted by Crippen LogP contribution is -2.41. The molecule has 0 radical (unpaired) electrons. The highest BCUT2D eigenvalue weighted by molar-refractivity contribution is 7.89. The fourth-order valence-electron chi connectivity index (χ4n) is 3.61. The summed E-state index contributed by atoms with van der Waals surface area (Å²) in [6, 6.07) is 12.6. The molecule has 0 bridgehead atoms. The van der Waals surface area contributed by atoms with E-state index in [1.165, 1.54) is 16.4 Å². The summed E-state index contributed by atoms with van der Waals surface area (Å²) in [5, 5.41) is 3.04. The number of amides is 1. The third-order valence-electron chi connectivity index (χ3n) is 5.64.